The summed E-state index contributed by atoms with van der Waals surface area (Å²) in [6.45, 7) is 3.81. The number of amides is 2. The molecule has 0 bridgehead atoms. The average molecular weight is 315 g/mol. The van der Waals surface area contributed by atoms with Crippen LogP contribution < -0.4 is 5.32 Å². The molecule has 0 radical (unpaired) electrons. The number of hydrogen-bond donors (Lipinski definition) is 2. The van der Waals surface area contributed by atoms with Gasteiger partial charge in [0.2, 0.25) is 0 Å². The van der Waals surface area contributed by atoms with E-state index < -0.39 is 0 Å². The van der Waals surface area contributed by atoms with Crippen molar-refractivity contribution in [2.75, 3.05) is 18.5 Å². The Morgan fingerprint density at radius 3 is 2.91 bits per heavy atom. The zero-order valence-corrected chi connectivity index (χ0v) is 13.4. The molecule has 1 heterocycles. The molecule has 1 aliphatic carbocycles. The maximum atomic E-state index is 12.6. The number of nitrogens with one attached hydrogen (secondary N) is 1. The third kappa shape index (κ3) is 3.07. The number of aryl methyl sites for hydroxylation is 3. The molecule has 1 aliphatic rings. The molecule has 2 aromatic rings. The molecule has 2 amide bonds. The van der Waals surface area contributed by atoms with E-state index in [1.54, 1.807) is 11.8 Å². The highest BCUT2D eigenvalue weighted by Crippen LogP contribution is 2.35. The minimum Gasteiger partial charge on any atom is -0.428 e. The number of anilines is 1. The Kier molecular flexibility index (Phi) is 4.34. The molecular weight excluding hydrogens is 294 g/mol. The quantitative estimate of drug-likeness (QED) is 0.909. The van der Waals surface area contributed by atoms with Crippen LogP contribution in [0.5, 0.6) is 0 Å². The average Bonchev–Trinajstić information content (AvgIpc) is 3.08. The van der Waals surface area contributed by atoms with Gasteiger partial charge in [0.25, 0.3) is 0 Å². The van der Waals surface area contributed by atoms with Crippen LogP contribution in [0.25, 0.3) is 0 Å². The maximum Gasteiger partial charge on any atom is 0.326 e. The number of aliphatic hydroxyl groups excluding tert-OH is 1. The number of oxazole rings is 1. The number of carbonyl (C=O) groups is 1. The summed E-state index contributed by atoms with van der Waals surface area (Å²) in [4.78, 5) is 18.5. The minimum atomic E-state index is -0.304. The number of fused-ring (bicyclic) bond motifs is 1. The Morgan fingerprint density at radius 1 is 1.43 bits per heavy atom. The summed E-state index contributed by atoms with van der Waals surface area (Å²) in [5.41, 5.74) is 3.16. The number of aliphatic hydroxyl groups is 1. The van der Waals surface area contributed by atoms with Crippen LogP contribution in [-0.4, -0.2) is 34.2 Å². The molecule has 122 valence electrons. The number of benzene rings is 1. The number of urea groups is 1. The van der Waals surface area contributed by atoms with E-state index in [0.29, 0.717) is 5.76 Å². The molecule has 23 heavy (non-hydrogen) atoms. The van der Waals surface area contributed by atoms with Gasteiger partial charge in [-0.3, -0.25) is 5.32 Å². The first-order chi connectivity index (χ1) is 11.1. The Hall–Kier alpha value is -2.34. The van der Waals surface area contributed by atoms with Crippen molar-refractivity contribution in [1.29, 1.82) is 0 Å². The van der Waals surface area contributed by atoms with Crippen LogP contribution in [0.3, 0.4) is 0 Å². The fourth-order valence-electron chi connectivity index (χ4n) is 3.05. The zero-order chi connectivity index (χ0) is 16.4. The van der Waals surface area contributed by atoms with Gasteiger partial charge in [0.15, 0.2) is 0 Å². The molecule has 6 heteroatoms. The third-order valence-electron chi connectivity index (χ3n) is 4.32. The molecule has 1 aromatic carbocycles. The molecule has 0 aliphatic heterocycles. The lowest BCUT2D eigenvalue weighted by Crippen LogP contribution is -2.39. The smallest absolute Gasteiger partial charge is 0.326 e. The number of carbonyl (C=O) groups excluding carboxylic acids is 1. The van der Waals surface area contributed by atoms with Crippen molar-refractivity contribution in [3.63, 3.8) is 0 Å². The summed E-state index contributed by atoms with van der Waals surface area (Å²) in [6.07, 6.45) is 1.80. The van der Waals surface area contributed by atoms with Gasteiger partial charge in [-0.25, -0.2) is 4.79 Å². The second kappa shape index (κ2) is 6.42. The van der Waals surface area contributed by atoms with Gasteiger partial charge in [0.05, 0.1) is 18.3 Å². The van der Waals surface area contributed by atoms with Crippen molar-refractivity contribution in [3.05, 3.63) is 46.8 Å². The van der Waals surface area contributed by atoms with Crippen LogP contribution >= 0.6 is 0 Å². The van der Waals surface area contributed by atoms with E-state index in [2.05, 4.69) is 16.4 Å². The lowest BCUT2D eigenvalue weighted by Gasteiger charge is -2.28. The largest absolute Gasteiger partial charge is 0.428 e. The topological polar surface area (TPSA) is 78.6 Å². The summed E-state index contributed by atoms with van der Waals surface area (Å²) in [5.74, 6) is 0.681. The van der Waals surface area contributed by atoms with E-state index in [4.69, 9.17) is 4.42 Å². The van der Waals surface area contributed by atoms with Crippen LogP contribution in [0.4, 0.5) is 10.8 Å². The van der Waals surface area contributed by atoms with Crippen LogP contribution in [-0.2, 0) is 6.42 Å². The molecule has 0 spiro atoms. The van der Waals surface area contributed by atoms with Crippen molar-refractivity contribution >= 4 is 12.0 Å². The predicted octanol–water partition coefficient (Wildman–Crippen LogP) is 2.81. The zero-order valence-electron chi connectivity index (χ0n) is 13.4. The first kappa shape index (κ1) is 15.6. The van der Waals surface area contributed by atoms with Crippen LogP contribution in [0.15, 0.2) is 28.7 Å². The van der Waals surface area contributed by atoms with E-state index in [-0.39, 0.29) is 31.2 Å². The van der Waals surface area contributed by atoms with E-state index in [1.165, 1.54) is 5.56 Å². The Labute approximate surface area is 135 Å². The minimum absolute atomic E-state index is 0.0319. The molecule has 1 aromatic heterocycles. The van der Waals surface area contributed by atoms with Crippen molar-refractivity contribution in [2.24, 2.45) is 0 Å². The fraction of sp³-hybridized carbons (Fsp3) is 0.412. The predicted molar refractivity (Wildman–Crippen MR) is 86.3 cm³/mol. The van der Waals surface area contributed by atoms with Crippen molar-refractivity contribution < 1.29 is 14.3 Å². The summed E-state index contributed by atoms with van der Waals surface area (Å²) in [5, 5.41) is 12.0. The SMILES string of the molecule is Cc1nc(NC(=O)N(CCO)C2CCc3ccccc32)oc1C. The van der Waals surface area contributed by atoms with Gasteiger partial charge >= 0.3 is 12.0 Å². The van der Waals surface area contributed by atoms with Crippen LogP contribution in [0, 0.1) is 13.8 Å². The molecular formula is C17H21N3O3. The maximum absolute atomic E-state index is 12.6. The van der Waals surface area contributed by atoms with Crippen molar-refractivity contribution in [2.45, 2.75) is 32.7 Å². The summed E-state index contributed by atoms with van der Waals surface area (Å²) < 4.78 is 5.41. The first-order valence-electron chi connectivity index (χ1n) is 7.80. The highest BCUT2D eigenvalue weighted by molar-refractivity contribution is 5.87. The fourth-order valence-corrected chi connectivity index (χ4v) is 3.05. The molecule has 0 saturated heterocycles. The monoisotopic (exact) mass is 315 g/mol. The van der Waals surface area contributed by atoms with Crippen molar-refractivity contribution in [3.8, 4) is 0 Å². The summed E-state index contributed by atoms with van der Waals surface area (Å²) in [7, 11) is 0. The van der Waals surface area contributed by atoms with Crippen molar-refractivity contribution in [1.82, 2.24) is 9.88 Å². The standard InChI is InChI=1S/C17H21N3O3/c1-11-12(2)23-16(18-11)19-17(22)20(9-10-21)15-8-7-13-5-3-4-6-14(13)15/h3-6,15,21H,7-10H2,1-2H3,(H,18,19,22). The molecule has 2 N–H and O–H groups in total. The normalized spacial score (nSPS) is 16.2. The lowest BCUT2D eigenvalue weighted by atomic mass is 10.1. The van der Waals surface area contributed by atoms with Gasteiger partial charge in [-0.15, -0.1) is 0 Å². The molecule has 3 rings (SSSR count). The number of aromatic nitrogens is 1. The van der Waals surface area contributed by atoms with Crippen LogP contribution in [0.2, 0.25) is 0 Å². The number of hydrogen-bond acceptors (Lipinski definition) is 4. The van der Waals surface area contributed by atoms with E-state index in [1.807, 2.05) is 25.1 Å². The highest BCUT2D eigenvalue weighted by atomic mass is 16.4. The molecule has 0 saturated carbocycles. The van der Waals surface area contributed by atoms with Gasteiger partial charge < -0.3 is 14.4 Å². The Bertz CT molecular complexity index is 691. The first-order valence-corrected chi connectivity index (χ1v) is 7.80. The van der Waals surface area contributed by atoms with Gasteiger partial charge in [-0.2, -0.15) is 4.98 Å². The Balaban J connectivity index is 1.80. The third-order valence-corrected chi connectivity index (χ3v) is 4.32. The molecule has 6 nitrogen and oxygen atoms in total. The number of nitrogens with zero attached hydrogens (tertiary/aromatic N) is 2. The Morgan fingerprint density at radius 2 is 2.22 bits per heavy atom. The van der Waals surface area contributed by atoms with Gasteiger partial charge in [0, 0.05) is 6.54 Å². The number of rotatable bonds is 4. The van der Waals surface area contributed by atoms with E-state index in [9.17, 15) is 9.90 Å². The highest BCUT2D eigenvalue weighted by Gasteiger charge is 2.31. The molecule has 0 fully saturated rings. The van der Waals surface area contributed by atoms with Crippen LogP contribution in [0.1, 0.15) is 35.0 Å². The lowest BCUT2D eigenvalue weighted by molar-refractivity contribution is 0.161. The molecule has 1 atom stereocenters. The molecule has 1 unspecified atom stereocenters. The van der Waals surface area contributed by atoms with Gasteiger partial charge in [-0.1, -0.05) is 24.3 Å². The second-order valence-electron chi connectivity index (χ2n) is 5.76. The van der Waals surface area contributed by atoms with Gasteiger partial charge in [0.1, 0.15) is 5.76 Å². The van der Waals surface area contributed by atoms with E-state index >= 15 is 0 Å². The summed E-state index contributed by atoms with van der Waals surface area (Å²) >= 11 is 0. The summed E-state index contributed by atoms with van der Waals surface area (Å²) in [6, 6.07) is 7.98. The van der Waals surface area contributed by atoms with E-state index in [0.717, 1.165) is 24.1 Å². The van der Waals surface area contributed by atoms with Gasteiger partial charge in [-0.05, 0) is 37.8 Å². The second-order valence-corrected chi connectivity index (χ2v) is 5.76.